The van der Waals surface area contributed by atoms with E-state index in [1.165, 1.54) is 12.8 Å². The number of benzene rings is 1. The molecule has 0 atom stereocenters. The lowest BCUT2D eigenvalue weighted by Gasteiger charge is -2.35. The molecule has 7 rings (SSSR count). The topological polar surface area (TPSA) is 152 Å². The Morgan fingerprint density at radius 2 is 1.70 bits per heavy atom. The number of ether oxygens (including phenoxy) is 1. The van der Waals surface area contributed by atoms with Crippen molar-refractivity contribution in [3.8, 4) is 23.0 Å². The van der Waals surface area contributed by atoms with E-state index in [0.717, 1.165) is 37.2 Å². The predicted octanol–water partition coefficient (Wildman–Crippen LogP) is 4.25. The van der Waals surface area contributed by atoms with Crippen LogP contribution in [0.4, 0.5) is 26.1 Å². The van der Waals surface area contributed by atoms with Gasteiger partial charge in [-0.3, -0.25) is 4.72 Å². The molecule has 13 nitrogen and oxygen atoms in total. The fraction of sp³-hybridized carbons (Fsp3) is 0.484. The van der Waals surface area contributed by atoms with Crippen LogP contribution in [-0.4, -0.2) is 82.9 Å². The van der Waals surface area contributed by atoms with E-state index >= 15 is 0 Å². The highest BCUT2D eigenvalue weighted by molar-refractivity contribution is 7.92. The molecule has 1 aromatic carbocycles. The van der Waals surface area contributed by atoms with Gasteiger partial charge in [-0.05, 0) is 55.4 Å². The Morgan fingerprint density at radius 3 is 2.40 bits per heavy atom. The van der Waals surface area contributed by atoms with Crippen LogP contribution in [0.1, 0.15) is 44.1 Å². The third kappa shape index (κ3) is 7.17. The van der Waals surface area contributed by atoms with Gasteiger partial charge in [0.2, 0.25) is 21.9 Å². The van der Waals surface area contributed by atoms with E-state index in [4.69, 9.17) is 9.15 Å². The quantitative estimate of drug-likeness (QED) is 0.236. The lowest BCUT2D eigenvalue weighted by atomic mass is 9.93. The van der Waals surface area contributed by atoms with Crippen molar-refractivity contribution in [3.63, 3.8) is 0 Å². The van der Waals surface area contributed by atoms with Gasteiger partial charge in [0.05, 0.1) is 48.1 Å². The van der Waals surface area contributed by atoms with Gasteiger partial charge in [-0.1, -0.05) is 5.21 Å². The monoisotopic (exact) mass is 670 g/mol. The number of sulfonamides is 1. The first-order chi connectivity index (χ1) is 22.6. The summed E-state index contributed by atoms with van der Waals surface area (Å²) in [6.45, 7) is 1.54. The van der Waals surface area contributed by atoms with Gasteiger partial charge in [0.25, 0.3) is 5.92 Å². The number of halogens is 2. The van der Waals surface area contributed by atoms with Crippen molar-refractivity contribution >= 4 is 27.3 Å². The summed E-state index contributed by atoms with van der Waals surface area (Å²) in [7, 11) is -3.72. The van der Waals surface area contributed by atoms with E-state index in [-0.39, 0.29) is 44.4 Å². The van der Waals surface area contributed by atoms with Crippen molar-refractivity contribution in [2.45, 2.75) is 51.1 Å². The number of alkyl halides is 2. The molecular formula is C31H36F2N8O5S. The average Bonchev–Trinajstić information content (AvgIpc) is 3.41. The summed E-state index contributed by atoms with van der Waals surface area (Å²) in [5.41, 5.74) is 3.94. The van der Waals surface area contributed by atoms with Crippen molar-refractivity contribution in [2.24, 2.45) is 5.41 Å². The van der Waals surface area contributed by atoms with E-state index in [0.29, 0.717) is 28.2 Å². The summed E-state index contributed by atoms with van der Waals surface area (Å²) in [6, 6.07) is 8.63. The Kier molecular flexibility index (Phi) is 8.24. The van der Waals surface area contributed by atoms with Gasteiger partial charge in [-0.25, -0.2) is 26.9 Å². The molecule has 0 amide bonds. The van der Waals surface area contributed by atoms with Gasteiger partial charge >= 0.3 is 0 Å². The molecule has 2 N–H and O–H groups in total. The van der Waals surface area contributed by atoms with E-state index in [9.17, 15) is 22.3 Å². The number of hydrogen-bond acceptors (Lipinski definition) is 11. The molecule has 250 valence electrons. The van der Waals surface area contributed by atoms with Crippen LogP contribution >= 0.6 is 0 Å². The molecule has 2 aliphatic heterocycles. The highest BCUT2D eigenvalue weighted by atomic mass is 32.2. The molecule has 1 saturated carbocycles. The predicted molar refractivity (Wildman–Crippen MR) is 169 cm³/mol. The molecular weight excluding hydrogens is 634 g/mol. The molecule has 1 aliphatic carbocycles. The largest absolute Gasteiger partial charge is 0.473 e. The van der Waals surface area contributed by atoms with Gasteiger partial charge in [-0.15, -0.1) is 5.10 Å². The molecule has 3 fully saturated rings. The molecule has 47 heavy (non-hydrogen) atoms. The summed E-state index contributed by atoms with van der Waals surface area (Å²) in [4.78, 5) is 13.2. The molecule has 3 aromatic heterocycles. The normalized spacial score (nSPS) is 18.8. The molecule has 3 aliphatic rings. The third-order valence-corrected chi connectivity index (χ3v) is 10.4. The number of nitrogens with one attached hydrogen (secondary N) is 1. The van der Waals surface area contributed by atoms with E-state index in [1.807, 2.05) is 0 Å². The second-order valence-corrected chi connectivity index (χ2v) is 14.4. The minimum Gasteiger partial charge on any atom is -0.473 e. The summed E-state index contributed by atoms with van der Waals surface area (Å²) in [6.07, 6.45) is 8.84. The van der Waals surface area contributed by atoms with Gasteiger partial charge < -0.3 is 24.1 Å². The maximum Gasteiger partial charge on any atom is 0.251 e. The van der Waals surface area contributed by atoms with Gasteiger partial charge in [0.15, 0.2) is 0 Å². The van der Waals surface area contributed by atoms with Crippen molar-refractivity contribution in [1.29, 1.82) is 0 Å². The van der Waals surface area contributed by atoms with Crippen LogP contribution in [0.15, 0.2) is 53.5 Å². The SMILES string of the molecule is O=S(=O)(CCO)Nc1ccc(-n2cc(-c3cc(OCc4ccoc4)nc(N4CCC(F)(F)CC4)n3)nn2)c(N2CCC3(CC2)CC3)c1. The molecule has 16 heteroatoms. The summed E-state index contributed by atoms with van der Waals surface area (Å²) >= 11 is 0. The van der Waals surface area contributed by atoms with Gasteiger partial charge in [0, 0.05) is 50.7 Å². The fourth-order valence-electron chi connectivity index (χ4n) is 6.11. The van der Waals surface area contributed by atoms with Crippen molar-refractivity contribution in [1.82, 2.24) is 25.0 Å². The minimum absolute atomic E-state index is 0.0964. The van der Waals surface area contributed by atoms with E-state index in [1.54, 1.807) is 58.6 Å². The van der Waals surface area contributed by atoms with Crippen LogP contribution in [0.3, 0.4) is 0 Å². The highest BCUT2D eigenvalue weighted by Crippen LogP contribution is 2.54. The van der Waals surface area contributed by atoms with Crippen molar-refractivity contribution < 1.29 is 31.5 Å². The first kappa shape index (κ1) is 31.3. The lowest BCUT2D eigenvalue weighted by Crippen LogP contribution is -2.40. The standard InChI is InChI=1S/C31H36F2N8O5S/c32-31(33)8-12-40(13-9-31)29-34-24(18-28(35-29)46-21-22-3-15-45-20-22)25-19-41(38-36-25)26-2-1-23(37-47(43,44)16-14-42)17-27(26)39-10-6-30(4-5-30)7-11-39/h1-3,15,17-20,37,42H,4-14,16,21H2. The maximum absolute atomic E-state index is 13.9. The molecule has 2 saturated heterocycles. The van der Waals surface area contributed by atoms with E-state index in [2.05, 4.69) is 29.9 Å². The number of hydrogen-bond donors (Lipinski definition) is 2. The number of nitrogens with zero attached hydrogens (tertiary/aromatic N) is 7. The average molecular weight is 671 g/mol. The molecule has 0 radical (unpaired) electrons. The van der Waals surface area contributed by atoms with E-state index < -0.39 is 28.3 Å². The van der Waals surface area contributed by atoms with Crippen molar-refractivity contribution in [2.75, 3.05) is 53.1 Å². The summed E-state index contributed by atoms with van der Waals surface area (Å²) in [5.74, 6) is -2.62. The third-order valence-electron chi connectivity index (χ3n) is 9.17. The number of furan rings is 1. The molecule has 0 bridgehead atoms. The minimum atomic E-state index is -3.72. The zero-order chi connectivity index (χ0) is 32.6. The Balaban J connectivity index is 1.20. The first-order valence-electron chi connectivity index (χ1n) is 15.7. The molecule has 1 spiro atoms. The second-order valence-electron chi connectivity index (χ2n) is 12.5. The Bertz CT molecular complexity index is 1810. The Morgan fingerprint density at radius 1 is 0.936 bits per heavy atom. The van der Waals surface area contributed by atoms with Crippen LogP contribution in [0.25, 0.3) is 17.1 Å². The molecule has 5 heterocycles. The highest BCUT2D eigenvalue weighted by Gasteiger charge is 2.44. The number of aliphatic hydroxyl groups is 1. The Labute approximate surface area is 270 Å². The van der Waals surface area contributed by atoms with Crippen LogP contribution in [-0.2, 0) is 16.6 Å². The fourth-order valence-corrected chi connectivity index (χ4v) is 6.94. The van der Waals surface area contributed by atoms with Crippen LogP contribution in [0.5, 0.6) is 5.88 Å². The van der Waals surface area contributed by atoms with Crippen LogP contribution in [0.2, 0.25) is 0 Å². The summed E-state index contributed by atoms with van der Waals surface area (Å²) in [5, 5.41) is 18.0. The second kappa shape index (κ2) is 12.4. The van der Waals surface area contributed by atoms with Gasteiger partial charge in [-0.2, -0.15) is 4.98 Å². The number of anilines is 3. The Hall–Kier alpha value is -4.31. The maximum atomic E-state index is 13.9. The van der Waals surface area contributed by atoms with Gasteiger partial charge in [0.1, 0.15) is 18.0 Å². The zero-order valence-corrected chi connectivity index (χ0v) is 26.5. The number of rotatable bonds is 11. The molecule has 0 unspecified atom stereocenters. The number of piperidine rings is 2. The number of aromatic nitrogens is 5. The number of aliphatic hydroxyl groups excluding tert-OH is 1. The lowest BCUT2D eigenvalue weighted by molar-refractivity contribution is -0.0222. The van der Waals surface area contributed by atoms with Crippen molar-refractivity contribution in [3.05, 3.63) is 54.6 Å². The van der Waals surface area contributed by atoms with Crippen LogP contribution in [0, 0.1) is 5.41 Å². The zero-order valence-electron chi connectivity index (χ0n) is 25.7. The molecule has 4 aromatic rings. The smallest absolute Gasteiger partial charge is 0.251 e. The summed E-state index contributed by atoms with van der Waals surface area (Å²) < 4.78 is 68.0. The first-order valence-corrected chi connectivity index (χ1v) is 17.3. The van der Waals surface area contributed by atoms with Crippen LogP contribution < -0.4 is 19.3 Å².